The number of hydrogen-bond acceptors (Lipinski definition) is 3. The van der Waals surface area contributed by atoms with Crippen molar-refractivity contribution in [2.75, 3.05) is 7.05 Å². The molecule has 1 heterocycles. The van der Waals surface area contributed by atoms with Gasteiger partial charge in [-0.3, -0.25) is 4.99 Å². The average molecular weight is 328 g/mol. The van der Waals surface area contributed by atoms with Gasteiger partial charge >= 0.3 is 0 Å². The zero-order valence-electron chi connectivity index (χ0n) is 14.0. The van der Waals surface area contributed by atoms with Crippen LogP contribution in [0.5, 0.6) is 0 Å². The Labute approximate surface area is 142 Å². The van der Waals surface area contributed by atoms with Crippen LogP contribution in [-0.4, -0.2) is 24.0 Å². The molecule has 3 rings (SSSR count). The van der Waals surface area contributed by atoms with Crippen LogP contribution >= 0.6 is 11.3 Å². The van der Waals surface area contributed by atoms with E-state index in [1.807, 2.05) is 14.0 Å². The van der Waals surface area contributed by atoms with Gasteiger partial charge in [0.2, 0.25) is 0 Å². The van der Waals surface area contributed by atoms with Gasteiger partial charge in [-0.15, -0.1) is 11.3 Å². The fourth-order valence-electron chi connectivity index (χ4n) is 3.11. The summed E-state index contributed by atoms with van der Waals surface area (Å²) in [5.41, 5.74) is 4.06. The zero-order chi connectivity index (χ0) is 16.2. The molecule has 4 nitrogen and oxygen atoms in total. The Hall–Kier alpha value is -1.88. The van der Waals surface area contributed by atoms with Crippen LogP contribution in [0.3, 0.4) is 0 Å². The van der Waals surface area contributed by atoms with Gasteiger partial charge in [-0.2, -0.15) is 0 Å². The SMILES string of the molecule is CN=C(NCc1sc(C)nc1C)NC1CCc2ccccc2C1. The normalized spacial score (nSPS) is 17.7. The van der Waals surface area contributed by atoms with Crippen LogP contribution in [-0.2, 0) is 19.4 Å². The number of rotatable bonds is 3. The number of aryl methyl sites for hydroxylation is 3. The molecule has 0 aliphatic heterocycles. The number of aliphatic imine (C=N–C) groups is 1. The molecule has 0 amide bonds. The van der Waals surface area contributed by atoms with Crippen molar-refractivity contribution in [3.8, 4) is 0 Å². The molecule has 2 N–H and O–H groups in total. The first-order valence-electron chi connectivity index (χ1n) is 8.12. The van der Waals surface area contributed by atoms with Crippen LogP contribution in [0.15, 0.2) is 29.3 Å². The molecule has 2 aromatic rings. The van der Waals surface area contributed by atoms with Crippen molar-refractivity contribution in [2.24, 2.45) is 4.99 Å². The van der Waals surface area contributed by atoms with Gasteiger partial charge in [-0.05, 0) is 44.2 Å². The van der Waals surface area contributed by atoms with E-state index >= 15 is 0 Å². The summed E-state index contributed by atoms with van der Waals surface area (Å²) >= 11 is 1.75. The Morgan fingerprint density at radius 3 is 2.78 bits per heavy atom. The maximum absolute atomic E-state index is 4.47. The van der Waals surface area contributed by atoms with Crippen LogP contribution in [0, 0.1) is 13.8 Å². The topological polar surface area (TPSA) is 49.3 Å². The zero-order valence-corrected chi connectivity index (χ0v) is 14.8. The van der Waals surface area contributed by atoms with Gasteiger partial charge in [0.1, 0.15) is 0 Å². The van der Waals surface area contributed by atoms with Crippen molar-refractivity contribution >= 4 is 17.3 Å². The number of hydrogen-bond donors (Lipinski definition) is 2. The first-order chi connectivity index (χ1) is 11.2. The largest absolute Gasteiger partial charge is 0.353 e. The summed E-state index contributed by atoms with van der Waals surface area (Å²) in [4.78, 5) is 10.1. The molecule has 5 heteroatoms. The molecular weight excluding hydrogens is 304 g/mol. The Morgan fingerprint density at radius 2 is 2.09 bits per heavy atom. The molecule has 1 aliphatic rings. The lowest BCUT2D eigenvalue weighted by atomic mass is 9.88. The lowest BCUT2D eigenvalue weighted by Gasteiger charge is -2.27. The molecule has 1 aromatic heterocycles. The summed E-state index contributed by atoms with van der Waals surface area (Å²) in [7, 11) is 1.83. The highest BCUT2D eigenvalue weighted by Crippen LogP contribution is 2.21. The standard InChI is InChI=1S/C18H24N4S/c1-12-17(23-13(2)21-12)11-20-18(19-3)22-16-9-8-14-6-4-5-7-15(14)10-16/h4-7,16H,8-11H2,1-3H3,(H2,19,20,22). The van der Waals surface area contributed by atoms with Gasteiger partial charge in [0.05, 0.1) is 17.2 Å². The third-order valence-electron chi connectivity index (χ3n) is 4.33. The van der Waals surface area contributed by atoms with Crippen LogP contribution in [0.1, 0.15) is 33.1 Å². The molecule has 1 atom stereocenters. The predicted octanol–water partition coefficient (Wildman–Crippen LogP) is 2.98. The van der Waals surface area contributed by atoms with Crippen molar-refractivity contribution in [1.82, 2.24) is 15.6 Å². The third-order valence-corrected chi connectivity index (χ3v) is 5.40. The smallest absolute Gasteiger partial charge is 0.191 e. The van der Waals surface area contributed by atoms with Gasteiger partial charge in [0.15, 0.2) is 5.96 Å². The number of guanidine groups is 1. The van der Waals surface area contributed by atoms with Gasteiger partial charge in [0.25, 0.3) is 0 Å². The van der Waals surface area contributed by atoms with E-state index in [9.17, 15) is 0 Å². The first kappa shape index (κ1) is 16.0. The molecule has 1 aliphatic carbocycles. The Morgan fingerprint density at radius 1 is 1.30 bits per heavy atom. The highest BCUT2D eigenvalue weighted by Gasteiger charge is 2.19. The monoisotopic (exact) mass is 328 g/mol. The van der Waals surface area contributed by atoms with E-state index in [1.165, 1.54) is 16.0 Å². The van der Waals surface area contributed by atoms with E-state index < -0.39 is 0 Å². The van der Waals surface area contributed by atoms with Crippen LogP contribution in [0.2, 0.25) is 0 Å². The second kappa shape index (κ2) is 7.13. The van der Waals surface area contributed by atoms with Gasteiger partial charge < -0.3 is 10.6 Å². The maximum Gasteiger partial charge on any atom is 0.191 e. The Bertz CT molecular complexity index is 705. The van der Waals surface area contributed by atoms with E-state index in [0.29, 0.717) is 6.04 Å². The van der Waals surface area contributed by atoms with Gasteiger partial charge in [0, 0.05) is 18.0 Å². The highest BCUT2D eigenvalue weighted by atomic mass is 32.1. The predicted molar refractivity (Wildman–Crippen MR) is 97.2 cm³/mol. The van der Waals surface area contributed by atoms with Crippen LogP contribution < -0.4 is 10.6 Å². The minimum Gasteiger partial charge on any atom is -0.353 e. The van der Waals surface area contributed by atoms with E-state index in [1.54, 1.807) is 11.3 Å². The fourth-order valence-corrected chi connectivity index (χ4v) is 3.99. The van der Waals surface area contributed by atoms with Gasteiger partial charge in [-0.1, -0.05) is 24.3 Å². The second-order valence-corrected chi connectivity index (χ2v) is 7.31. The van der Waals surface area contributed by atoms with Crippen molar-refractivity contribution < 1.29 is 0 Å². The van der Waals surface area contributed by atoms with E-state index in [4.69, 9.17) is 0 Å². The number of aromatic nitrogens is 1. The van der Waals surface area contributed by atoms with Crippen molar-refractivity contribution in [2.45, 2.75) is 45.7 Å². The lowest BCUT2D eigenvalue weighted by Crippen LogP contribution is -2.45. The third kappa shape index (κ3) is 3.91. The molecule has 0 saturated heterocycles. The lowest BCUT2D eigenvalue weighted by molar-refractivity contribution is 0.520. The molecule has 1 unspecified atom stereocenters. The number of nitrogens with one attached hydrogen (secondary N) is 2. The van der Waals surface area contributed by atoms with Crippen LogP contribution in [0.25, 0.3) is 0 Å². The number of fused-ring (bicyclic) bond motifs is 1. The Balaban J connectivity index is 1.57. The minimum atomic E-state index is 0.445. The molecular formula is C18H24N4S. The first-order valence-corrected chi connectivity index (χ1v) is 8.94. The van der Waals surface area contributed by atoms with E-state index in [0.717, 1.165) is 42.5 Å². The summed E-state index contributed by atoms with van der Waals surface area (Å²) in [5.74, 6) is 0.875. The molecule has 0 radical (unpaired) electrons. The van der Waals surface area contributed by atoms with Crippen molar-refractivity contribution in [1.29, 1.82) is 0 Å². The molecule has 0 saturated carbocycles. The van der Waals surface area contributed by atoms with E-state index in [2.05, 4.69) is 51.8 Å². The fraction of sp³-hybridized carbons (Fsp3) is 0.444. The quantitative estimate of drug-likeness (QED) is 0.673. The summed E-state index contributed by atoms with van der Waals surface area (Å²) in [6.45, 7) is 4.89. The highest BCUT2D eigenvalue weighted by molar-refractivity contribution is 7.11. The molecule has 122 valence electrons. The van der Waals surface area contributed by atoms with E-state index in [-0.39, 0.29) is 0 Å². The second-order valence-electron chi connectivity index (χ2n) is 6.02. The van der Waals surface area contributed by atoms with Crippen LogP contribution in [0.4, 0.5) is 0 Å². The molecule has 0 spiro atoms. The number of benzene rings is 1. The molecule has 1 aromatic carbocycles. The summed E-state index contributed by atoms with van der Waals surface area (Å²) in [5, 5.41) is 8.10. The maximum atomic E-state index is 4.47. The molecule has 0 bridgehead atoms. The molecule has 23 heavy (non-hydrogen) atoms. The summed E-state index contributed by atoms with van der Waals surface area (Å²) in [6, 6.07) is 9.19. The van der Waals surface area contributed by atoms with Crippen molar-refractivity contribution in [3.63, 3.8) is 0 Å². The Kier molecular flexibility index (Phi) is 4.96. The average Bonchev–Trinajstić information content (AvgIpc) is 2.89. The summed E-state index contributed by atoms with van der Waals surface area (Å²) in [6.07, 6.45) is 3.35. The molecule has 0 fully saturated rings. The van der Waals surface area contributed by atoms with Crippen molar-refractivity contribution in [3.05, 3.63) is 51.0 Å². The number of nitrogens with zero attached hydrogens (tertiary/aromatic N) is 2. The summed E-state index contributed by atoms with van der Waals surface area (Å²) < 4.78 is 0. The minimum absolute atomic E-state index is 0.445. The number of thiazole rings is 1. The van der Waals surface area contributed by atoms with Gasteiger partial charge in [-0.25, -0.2) is 4.98 Å².